The number of hydrogen-bond donors (Lipinski definition) is 0. The average molecular weight is 344 g/mol. The second-order valence-corrected chi connectivity index (χ2v) is 7.02. The molecular weight excluding hydrogens is 302 g/mol. The van der Waals surface area contributed by atoms with Gasteiger partial charge in [-0.25, -0.2) is 0 Å². The highest BCUT2D eigenvalue weighted by Crippen LogP contribution is 2.12. The van der Waals surface area contributed by atoms with E-state index >= 15 is 0 Å². The van der Waals surface area contributed by atoms with Gasteiger partial charge in [-0.15, -0.1) is 0 Å². The van der Waals surface area contributed by atoms with E-state index in [1.54, 1.807) is 14.2 Å². The van der Waals surface area contributed by atoms with Crippen LogP contribution in [0.4, 0.5) is 0 Å². The predicted octanol–water partition coefficient (Wildman–Crippen LogP) is 5.01. The SMILES string of the molecule is CCCCCCCCCCCCN(CC(OC)OC)C(=O)C(C)C. The second-order valence-electron chi connectivity index (χ2n) is 7.02. The van der Waals surface area contributed by atoms with Gasteiger partial charge < -0.3 is 14.4 Å². The van der Waals surface area contributed by atoms with Crippen LogP contribution < -0.4 is 0 Å². The fraction of sp³-hybridized carbons (Fsp3) is 0.950. The number of amides is 1. The maximum absolute atomic E-state index is 12.3. The van der Waals surface area contributed by atoms with Gasteiger partial charge in [0.15, 0.2) is 6.29 Å². The maximum Gasteiger partial charge on any atom is 0.225 e. The first kappa shape index (κ1) is 23.4. The molecule has 0 radical (unpaired) electrons. The Labute approximate surface area is 150 Å². The number of unbranched alkanes of at least 4 members (excludes halogenated alkanes) is 9. The zero-order valence-electron chi connectivity index (χ0n) is 16.8. The molecule has 0 aliphatic rings. The maximum atomic E-state index is 12.3. The zero-order valence-corrected chi connectivity index (χ0v) is 16.8. The first-order valence-corrected chi connectivity index (χ1v) is 9.91. The Morgan fingerprint density at radius 2 is 1.29 bits per heavy atom. The Morgan fingerprint density at radius 1 is 0.833 bits per heavy atom. The standard InChI is InChI=1S/C20H41NO3/c1-6-7-8-9-10-11-12-13-14-15-16-21(20(22)18(2)3)17-19(23-4)24-5/h18-19H,6-17H2,1-5H3. The van der Waals surface area contributed by atoms with Gasteiger partial charge in [0.2, 0.25) is 5.91 Å². The van der Waals surface area contributed by atoms with Gasteiger partial charge in [-0.2, -0.15) is 0 Å². The molecule has 0 unspecified atom stereocenters. The summed E-state index contributed by atoms with van der Waals surface area (Å²) in [6.07, 6.45) is 12.7. The van der Waals surface area contributed by atoms with E-state index in [0.717, 1.165) is 13.0 Å². The third kappa shape index (κ3) is 11.9. The number of ether oxygens (including phenoxy) is 2. The van der Waals surface area contributed by atoms with E-state index in [1.165, 1.54) is 57.8 Å². The molecule has 0 aromatic heterocycles. The number of hydrogen-bond acceptors (Lipinski definition) is 3. The summed E-state index contributed by atoms with van der Waals surface area (Å²) in [6, 6.07) is 0. The lowest BCUT2D eigenvalue weighted by Gasteiger charge is -2.27. The summed E-state index contributed by atoms with van der Waals surface area (Å²) >= 11 is 0. The Hall–Kier alpha value is -0.610. The van der Waals surface area contributed by atoms with Crippen LogP contribution in [0.3, 0.4) is 0 Å². The van der Waals surface area contributed by atoms with Crippen LogP contribution in [-0.2, 0) is 14.3 Å². The lowest BCUT2D eigenvalue weighted by atomic mass is 10.1. The van der Waals surface area contributed by atoms with E-state index in [0.29, 0.717) is 6.54 Å². The molecule has 4 nitrogen and oxygen atoms in total. The fourth-order valence-electron chi connectivity index (χ4n) is 2.87. The third-order valence-corrected chi connectivity index (χ3v) is 4.48. The molecule has 0 rings (SSSR count). The monoisotopic (exact) mass is 343 g/mol. The molecule has 0 bridgehead atoms. The van der Waals surface area contributed by atoms with Gasteiger partial charge in [0.25, 0.3) is 0 Å². The summed E-state index contributed by atoms with van der Waals surface area (Å²) in [5, 5.41) is 0. The van der Waals surface area contributed by atoms with Crippen LogP contribution in [0, 0.1) is 5.92 Å². The van der Waals surface area contributed by atoms with Crippen molar-refractivity contribution in [2.75, 3.05) is 27.3 Å². The van der Waals surface area contributed by atoms with Crippen molar-refractivity contribution in [3.63, 3.8) is 0 Å². The van der Waals surface area contributed by atoms with Crippen molar-refractivity contribution in [2.24, 2.45) is 5.92 Å². The highest BCUT2D eigenvalue weighted by atomic mass is 16.7. The quantitative estimate of drug-likeness (QED) is 0.292. The molecule has 4 heteroatoms. The average Bonchev–Trinajstić information content (AvgIpc) is 2.58. The Bertz CT molecular complexity index is 291. The molecule has 0 fully saturated rings. The molecule has 0 atom stereocenters. The van der Waals surface area contributed by atoms with Crippen LogP contribution in [0.25, 0.3) is 0 Å². The van der Waals surface area contributed by atoms with Crippen molar-refractivity contribution in [1.82, 2.24) is 4.90 Å². The van der Waals surface area contributed by atoms with E-state index < -0.39 is 0 Å². The summed E-state index contributed by atoms with van der Waals surface area (Å²) in [4.78, 5) is 14.2. The minimum atomic E-state index is -0.337. The molecule has 0 spiro atoms. The second kappa shape index (κ2) is 15.9. The number of methoxy groups -OCH3 is 2. The fourth-order valence-corrected chi connectivity index (χ4v) is 2.87. The normalized spacial score (nSPS) is 11.5. The molecule has 0 aromatic rings. The largest absolute Gasteiger partial charge is 0.354 e. The molecule has 1 amide bonds. The lowest BCUT2D eigenvalue weighted by Crippen LogP contribution is -2.41. The molecule has 0 aromatic carbocycles. The van der Waals surface area contributed by atoms with E-state index in [2.05, 4.69) is 6.92 Å². The van der Waals surface area contributed by atoms with Crippen molar-refractivity contribution >= 4 is 5.91 Å². The van der Waals surface area contributed by atoms with Crippen molar-refractivity contribution in [2.45, 2.75) is 91.3 Å². The summed E-state index contributed by atoms with van der Waals surface area (Å²) in [5.74, 6) is 0.201. The summed E-state index contributed by atoms with van der Waals surface area (Å²) < 4.78 is 10.5. The van der Waals surface area contributed by atoms with Gasteiger partial charge in [0.1, 0.15) is 0 Å². The summed E-state index contributed by atoms with van der Waals surface area (Å²) in [6.45, 7) is 7.47. The Morgan fingerprint density at radius 3 is 1.71 bits per heavy atom. The smallest absolute Gasteiger partial charge is 0.225 e. The highest BCUT2D eigenvalue weighted by molar-refractivity contribution is 5.78. The van der Waals surface area contributed by atoms with E-state index in [-0.39, 0.29) is 18.1 Å². The number of rotatable bonds is 16. The highest BCUT2D eigenvalue weighted by Gasteiger charge is 2.20. The molecule has 0 aliphatic heterocycles. The molecular formula is C20H41NO3. The van der Waals surface area contributed by atoms with Crippen molar-refractivity contribution in [3.8, 4) is 0 Å². The Balaban J connectivity index is 3.88. The van der Waals surface area contributed by atoms with Gasteiger partial charge in [0.05, 0.1) is 6.54 Å². The minimum absolute atomic E-state index is 0.0162. The molecule has 0 aliphatic carbocycles. The molecule has 0 N–H and O–H groups in total. The van der Waals surface area contributed by atoms with Crippen LogP contribution in [0.1, 0.15) is 85.0 Å². The van der Waals surface area contributed by atoms with Gasteiger partial charge in [0, 0.05) is 26.7 Å². The Kier molecular flexibility index (Phi) is 15.5. The summed E-state index contributed by atoms with van der Waals surface area (Å²) in [7, 11) is 3.24. The van der Waals surface area contributed by atoms with Gasteiger partial charge in [-0.05, 0) is 6.42 Å². The van der Waals surface area contributed by atoms with Crippen molar-refractivity contribution in [3.05, 3.63) is 0 Å². The molecule has 144 valence electrons. The van der Waals surface area contributed by atoms with Crippen LogP contribution in [0.5, 0.6) is 0 Å². The van der Waals surface area contributed by atoms with Crippen LogP contribution in [-0.4, -0.2) is 44.4 Å². The van der Waals surface area contributed by atoms with E-state index in [4.69, 9.17) is 9.47 Å². The number of carbonyl (C=O) groups excluding carboxylic acids is 1. The van der Waals surface area contributed by atoms with E-state index in [9.17, 15) is 4.79 Å². The van der Waals surface area contributed by atoms with Crippen LogP contribution in [0.2, 0.25) is 0 Å². The van der Waals surface area contributed by atoms with Crippen molar-refractivity contribution in [1.29, 1.82) is 0 Å². The molecule has 24 heavy (non-hydrogen) atoms. The first-order valence-electron chi connectivity index (χ1n) is 9.91. The van der Waals surface area contributed by atoms with Crippen LogP contribution >= 0.6 is 0 Å². The topological polar surface area (TPSA) is 38.8 Å². The minimum Gasteiger partial charge on any atom is -0.354 e. The van der Waals surface area contributed by atoms with Gasteiger partial charge in [-0.1, -0.05) is 78.6 Å². The molecule has 0 heterocycles. The first-order chi connectivity index (χ1) is 11.6. The predicted molar refractivity (Wildman–Crippen MR) is 101 cm³/mol. The third-order valence-electron chi connectivity index (χ3n) is 4.48. The van der Waals surface area contributed by atoms with E-state index in [1.807, 2.05) is 18.7 Å². The lowest BCUT2D eigenvalue weighted by molar-refractivity contribution is -0.148. The summed E-state index contributed by atoms with van der Waals surface area (Å²) in [5.41, 5.74) is 0. The molecule has 0 saturated heterocycles. The molecule has 0 saturated carbocycles. The number of carbonyl (C=O) groups is 1. The van der Waals surface area contributed by atoms with Gasteiger partial charge >= 0.3 is 0 Å². The zero-order chi connectivity index (χ0) is 18.2. The van der Waals surface area contributed by atoms with Crippen molar-refractivity contribution < 1.29 is 14.3 Å². The van der Waals surface area contributed by atoms with Gasteiger partial charge in [-0.3, -0.25) is 4.79 Å². The number of nitrogens with zero attached hydrogens (tertiary/aromatic N) is 1. The van der Waals surface area contributed by atoms with Crippen LogP contribution in [0.15, 0.2) is 0 Å².